The molecule has 0 aliphatic rings. The lowest BCUT2D eigenvalue weighted by Crippen LogP contribution is -2.09. The van der Waals surface area contributed by atoms with Crippen molar-refractivity contribution in [2.75, 3.05) is 12.3 Å². The Balaban J connectivity index is 2.39. The van der Waals surface area contributed by atoms with E-state index in [1.54, 1.807) is 5.30 Å². The second-order valence-corrected chi connectivity index (χ2v) is 10.1. The summed E-state index contributed by atoms with van der Waals surface area (Å²) in [5, 5.41) is 1.65. The summed E-state index contributed by atoms with van der Waals surface area (Å²) in [6.07, 6.45) is 20.0. The van der Waals surface area contributed by atoms with Crippen molar-refractivity contribution in [1.29, 1.82) is 0 Å². The van der Waals surface area contributed by atoms with Gasteiger partial charge in [0, 0.05) is 0 Å². The average Bonchev–Trinajstić information content (AvgIpc) is 2.66. The zero-order valence-corrected chi connectivity index (χ0v) is 18.2. The molecule has 0 N–H and O–H groups in total. The number of hydrogen-bond acceptors (Lipinski definition) is 0. The van der Waals surface area contributed by atoms with Gasteiger partial charge in [-0.1, -0.05) is 123 Å². The maximum Gasteiger partial charge on any atom is -0.0240 e. The highest BCUT2D eigenvalue weighted by Gasteiger charge is 2.14. The molecule has 0 amide bonds. The van der Waals surface area contributed by atoms with E-state index in [9.17, 15) is 0 Å². The quantitative estimate of drug-likeness (QED) is 0.205. The molecule has 2 unspecified atom stereocenters. The van der Waals surface area contributed by atoms with Gasteiger partial charge in [-0.2, -0.15) is 0 Å². The van der Waals surface area contributed by atoms with E-state index in [0.717, 1.165) is 5.92 Å². The van der Waals surface area contributed by atoms with Gasteiger partial charge in [0.1, 0.15) is 0 Å². The predicted octanol–water partition coefficient (Wildman–Crippen LogP) is 8.15. The Morgan fingerprint density at radius 2 is 1.32 bits per heavy atom. The van der Waals surface area contributed by atoms with Crippen LogP contribution < -0.4 is 5.30 Å². The van der Waals surface area contributed by atoms with E-state index in [-0.39, 0.29) is 7.92 Å². The second kappa shape index (κ2) is 15.9. The first-order valence-electron chi connectivity index (χ1n) is 11.1. The van der Waals surface area contributed by atoms with Crippen LogP contribution in [0.5, 0.6) is 0 Å². The highest BCUT2D eigenvalue weighted by Crippen LogP contribution is 2.38. The standard InChI is InChI=1S/C24H43P/c1-4-7-9-10-11-12-16-21-25(24-18-14-13-15-19-24)22-20-23(6-3)17-8-5-2/h13-15,18-19,23H,4-12,16-17,20-22H2,1-3H3. The Labute approximate surface area is 160 Å². The van der Waals surface area contributed by atoms with Gasteiger partial charge in [0.05, 0.1) is 0 Å². The van der Waals surface area contributed by atoms with E-state index in [1.165, 1.54) is 89.4 Å². The molecule has 0 radical (unpaired) electrons. The lowest BCUT2D eigenvalue weighted by Gasteiger charge is -2.22. The van der Waals surface area contributed by atoms with Gasteiger partial charge < -0.3 is 0 Å². The van der Waals surface area contributed by atoms with Crippen LogP contribution in [0.15, 0.2) is 30.3 Å². The fourth-order valence-corrected chi connectivity index (χ4v) is 6.27. The van der Waals surface area contributed by atoms with Crippen LogP contribution in [0.25, 0.3) is 0 Å². The van der Waals surface area contributed by atoms with Crippen molar-refractivity contribution in [3.8, 4) is 0 Å². The maximum atomic E-state index is 2.39. The molecule has 0 aliphatic heterocycles. The van der Waals surface area contributed by atoms with Gasteiger partial charge in [-0.25, -0.2) is 0 Å². The van der Waals surface area contributed by atoms with E-state index in [1.807, 2.05) is 0 Å². The first-order valence-corrected chi connectivity index (χ1v) is 12.8. The van der Waals surface area contributed by atoms with Gasteiger partial charge in [0.2, 0.25) is 0 Å². The minimum atomic E-state index is 0.0634. The number of hydrogen-bond donors (Lipinski definition) is 0. The van der Waals surface area contributed by atoms with Crippen molar-refractivity contribution in [3.63, 3.8) is 0 Å². The van der Waals surface area contributed by atoms with E-state index in [0.29, 0.717) is 0 Å². The minimum absolute atomic E-state index is 0.0634. The number of rotatable bonds is 16. The molecule has 0 nitrogen and oxygen atoms in total. The van der Waals surface area contributed by atoms with Crippen molar-refractivity contribution >= 4 is 13.2 Å². The van der Waals surface area contributed by atoms with Gasteiger partial charge in [-0.3, -0.25) is 0 Å². The molecule has 0 heterocycles. The van der Waals surface area contributed by atoms with E-state index in [2.05, 4.69) is 51.1 Å². The fourth-order valence-electron chi connectivity index (χ4n) is 3.65. The minimum Gasteiger partial charge on any atom is -0.0753 e. The highest BCUT2D eigenvalue weighted by molar-refractivity contribution is 7.65. The van der Waals surface area contributed by atoms with Gasteiger partial charge in [0.25, 0.3) is 0 Å². The van der Waals surface area contributed by atoms with Crippen LogP contribution in [-0.4, -0.2) is 12.3 Å². The maximum absolute atomic E-state index is 2.39. The number of benzene rings is 1. The summed E-state index contributed by atoms with van der Waals surface area (Å²) in [7, 11) is 0.0634. The van der Waals surface area contributed by atoms with Crippen molar-refractivity contribution in [3.05, 3.63) is 30.3 Å². The van der Waals surface area contributed by atoms with Crippen molar-refractivity contribution in [2.24, 2.45) is 5.92 Å². The van der Waals surface area contributed by atoms with Gasteiger partial charge >= 0.3 is 0 Å². The van der Waals surface area contributed by atoms with E-state index < -0.39 is 0 Å². The SMILES string of the molecule is CCCCCCCCCP(CCC(CC)CCCC)c1ccccc1. The van der Waals surface area contributed by atoms with Crippen LogP contribution in [0.4, 0.5) is 0 Å². The zero-order chi connectivity index (χ0) is 18.2. The Morgan fingerprint density at radius 3 is 1.96 bits per heavy atom. The van der Waals surface area contributed by atoms with Crippen LogP contribution in [0.1, 0.15) is 97.8 Å². The molecule has 1 rings (SSSR count). The van der Waals surface area contributed by atoms with E-state index in [4.69, 9.17) is 0 Å². The molecule has 0 aliphatic carbocycles. The smallest absolute Gasteiger partial charge is 0.0240 e. The molecule has 0 bridgehead atoms. The molecule has 2 atom stereocenters. The van der Waals surface area contributed by atoms with Crippen molar-refractivity contribution < 1.29 is 0 Å². The molecule has 1 heteroatoms. The van der Waals surface area contributed by atoms with Crippen molar-refractivity contribution in [2.45, 2.75) is 97.8 Å². The molecule has 1 aromatic rings. The highest BCUT2D eigenvalue weighted by atomic mass is 31.1. The zero-order valence-electron chi connectivity index (χ0n) is 17.3. The van der Waals surface area contributed by atoms with Crippen LogP contribution in [0.3, 0.4) is 0 Å². The summed E-state index contributed by atoms with van der Waals surface area (Å²) < 4.78 is 0. The van der Waals surface area contributed by atoms with E-state index >= 15 is 0 Å². The summed E-state index contributed by atoms with van der Waals surface area (Å²) in [6, 6.07) is 11.4. The summed E-state index contributed by atoms with van der Waals surface area (Å²) in [6.45, 7) is 7.02. The third-order valence-corrected chi connectivity index (χ3v) is 8.19. The number of unbranched alkanes of at least 4 members (excludes halogenated alkanes) is 7. The Morgan fingerprint density at radius 1 is 0.680 bits per heavy atom. The Kier molecular flexibility index (Phi) is 14.4. The molecule has 0 spiro atoms. The van der Waals surface area contributed by atoms with Crippen LogP contribution >= 0.6 is 7.92 Å². The molecule has 0 aromatic heterocycles. The largest absolute Gasteiger partial charge is 0.0753 e. The van der Waals surface area contributed by atoms with Crippen LogP contribution in [0, 0.1) is 5.92 Å². The molecular weight excluding hydrogens is 319 g/mol. The van der Waals surface area contributed by atoms with Crippen molar-refractivity contribution in [1.82, 2.24) is 0 Å². The molecule has 0 saturated carbocycles. The average molecular weight is 363 g/mol. The molecular formula is C24H43P. The molecule has 1 aromatic carbocycles. The molecule has 0 fully saturated rings. The van der Waals surface area contributed by atoms with Gasteiger partial charge in [-0.15, -0.1) is 0 Å². The Bertz CT molecular complexity index is 386. The molecule has 25 heavy (non-hydrogen) atoms. The molecule has 144 valence electrons. The van der Waals surface area contributed by atoms with Gasteiger partial charge in [-0.05, 0) is 36.4 Å². The summed E-state index contributed by atoms with van der Waals surface area (Å²) in [5.41, 5.74) is 0. The first kappa shape index (κ1) is 22.7. The molecule has 0 saturated heterocycles. The topological polar surface area (TPSA) is 0 Å². The lowest BCUT2D eigenvalue weighted by molar-refractivity contribution is 0.441. The summed E-state index contributed by atoms with van der Waals surface area (Å²) >= 11 is 0. The summed E-state index contributed by atoms with van der Waals surface area (Å²) in [4.78, 5) is 0. The fraction of sp³-hybridized carbons (Fsp3) is 0.750. The van der Waals surface area contributed by atoms with Gasteiger partial charge in [0.15, 0.2) is 0 Å². The third-order valence-electron chi connectivity index (χ3n) is 5.50. The predicted molar refractivity (Wildman–Crippen MR) is 119 cm³/mol. The second-order valence-electron chi connectivity index (χ2n) is 7.65. The normalized spacial score (nSPS) is 13.7. The summed E-state index contributed by atoms with van der Waals surface area (Å²) in [5.74, 6) is 0.961. The Hall–Kier alpha value is -0.350. The monoisotopic (exact) mass is 362 g/mol. The first-order chi connectivity index (χ1) is 12.3. The van der Waals surface area contributed by atoms with Crippen LogP contribution in [0.2, 0.25) is 0 Å². The van der Waals surface area contributed by atoms with Crippen LogP contribution in [-0.2, 0) is 0 Å². The third kappa shape index (κ3) is 11.1. The lowest BCUT2D eigenvalue weighted by atomic mass is 9.97.